The van der Waals surface area contributed by atoms with Gasteiger partial charge in [0.1, 0.15) is 17.5 Å². The predicted octanol–water partition coefficient (Wildman–Crippen LogP) is 0.906. The van der Waals surface area contributed by atoms with Gasteiger partial charge in [0.05, 0.1) is 17.6 Å². The molecule has 1 atom stereocenters. The molecule has 3 N–H and O–H groups in total. The van der Waals surface area contributed by atoms with Crippen LogP contribution in [0.2, 0.25) is 0 Å². The van der Waals surface area contributed by atoms with Crippen molar-refractivity contribution in [2.75, 3.05) is 25.6 Å². The van der Waals surface area contributed by atoms with Crippen molar-refractivity contribution in [3.63, 3.8) is 0 Å². The Balaban J connectivity index is 2.99. The van der Waals surface area contributed by atoms with Gasteiger partial charge in [-0.05, 0) is 19.1 Å². The van der Waals surface area contributed by atoms with Crippen LogP contribution in [0.5, 0.6) is 5.75 Å². The van der Waals surface area contributed by atoms with E-state index in [1.165, 1.54) is 25.3 Å². The Morgan fingerprint density at radius 1 is 1.55 bits per heavy atom. The van der Waals surface area contributed by atoms with E-state index < -0.39 is 16.9 Å². The minimum atomic E-state index is -0.860. The van der Waals surface area contributed by atoms with Crippen molar-refractivity contribution in [2.45, 2.75) is 13.0 Å². The maximum Gasteiger partial charge on any atom is 0.296 e. The molecule has 0 fully saturated rings. The minimum absolute atomic E-state index is 0.0207. The summed E-state index contributed by atoms with van der Waals surface area (Å²) in [5.41, 5.74) is 5.17. The summed E-state index contributed by atoms with van der Waals surface area (Å²) in [6.45, 7) is 2.14. The van der Waals surface area contributed by atoms with Gasteiger partial charge in [-0.15, -0.1) is 0 Å². The van der Waals surface area contributed by atoms with E-state index in [0.717, 1.165) is 0 Å². The van der Waals surface area contributed by atoms with E-state index in [1.54, 1.807) is 6.92 Å². The topological polar surface area (TPSA) is 117 Å². The Morgan fingerprint density at radius 3 is 2.75 bits per heavy atom. The molecule has 1 aromatic rings. The molecule has 0 saturated carbocycles. The largest absolute Gasteiger partial charge is 0.494 e. The molecular weight excluding hydrogens is 266 g/mol. The highest BCUT2D eigenvalue weighted by Gasteiger charge is 2.21. The number of amides is 1. The molecule has 20 heavy (non-hydrogen) atoms. The van der Waals surface area contributed by atoms with Gasteiger partial charge in [-0.2, -0.15) is 0 Å². The number of nitro groups is 1. The average Bonchev–Trinajstić information content (AvgIpc) is 2.42. The molecule has 0 heterocycles. The molecule has 1 aromatic carbocycles. The summed E-state index contributed by atoms with van der Waals surface area (Å²) in [7, 11) is 1.34. The van der Waals surface area contributed by atoms with Gasteiger partial charge in [0.2, 0.25) is 0 Å². The molecule has 0 aromatic heterocycles. The van der Waals surface area contributed by atoms with Crippen molar-refractivity contribution in [1.29, 1.82) is 0 Å². The van der Waals surface area contributed by atoms with Crippen LogP contribution in [0.1, 0.15) is 6.92 Å². The SMILES string of the molecule is CCOc1ccc(NC(=O)C(CN)OC)c([N+](=O)[O-])c1. The van der Waals surface area contributed by atoms with Gasteiger partial charge in [-0.1, -0.05) is 0 Å². The van der Waals surface area contributed by atoms with Crippen molar-refractivity contribution in [3.8, 4) is 5.75 Å². The van der Waals surface area contributed by atoms with E-state index in [0.29, 0.717) is 12.4 Å². The predicted molar refractivity (Wildman–Crippen MR) is 72.7 cm³/mol. The monoisotopic (exact) mass is 283 g/mol. The molecule has 1 unspecified atom stereocenters. The third-order valence-electron chi connectivity index (χ3n) is 2.53. The molecule has 8 nitrogen and oxygen atoms in total. The van der Waals surface area contributed by atoms with E-state index >= 15 is 0 Å². The number of ether oxygens (including phenoxy) is 2. The number of methoxy groups -OCH3 is 1. The Hall–Kier alpha value is -2.19. The number of nitrogens with zero attached hydrogens (tertiary/aromatic N) is 1. The smallest absolute Gasteiger partial charge is 0.296 e. The van der Waals surface area contributed by atoms with Crippen molar-refractivity contribution < 1.29 is 19.2 Å². The van der Waals surface area contributed by atoms with Crippen molar-refractivity contribution in [2.24, 2.45) is 5.73 Å². The highest BCUT2D eigenvalue weighted by molar-refractivity contribution is 5.96. The summed E-state index contributed by atoms with van der Waals surface area (Å²) < 4.78 is 10.0. The first-order valence-corrected chi connectivity index (χ1v) is 5.98. The molecular formula is C12H17N3O5. The molecule has 0 aliphatic carbocycles. The summed E-state index contributed by atoms with van der Waals surface area (Å²) in [5, 5.41) is 13.4. The van der Waals surface area contributed by atoms with Gasteiger partial charge >= 0.3 is 0 Å². The standard InChI is InChI=1S/C12H17N3O5/c1-3-20-8-4-5-9(10(6-8)15(17)18)14-12(16)11(7-13)19-2/h4-6,11H,3,7,13H2,1-2H3,(H,14,16). The van der Waals surface area contributed by atoms with Crippen molar-refractivity contribution >= 4 is 17.3 Å². The van der Waals surface area contributed by atoms with Crippen LogP contribution in [0.3, 0.4) is 0 Å². The van der Waals surface area contributed by atoms with E-state index in [4.69, 9.17) is 15.2 Å². The average molecular weight is 283 g/mol. The van der Waals surface area contributed by atoms with Crippen LogP contribution in [0, 0.1) is 10.1 Å². The second-order valence-electron chi connectivity index (χ2n) is 3.82. The zero-order valence-corrected chi connectivity index (χ0v) is 11.3. The third-order valence-corrected chi connectivity index (χ3v) is 2.53. The van der Waals surface area contributed by atoms with Gasteiger partial charge in [0.25, 0.3) is 11.6 Å². The lowest BCUT2D eigenvalue weighted by Crippen LogP contribution is -2.36. The number of carbonyl (C=O) groups excluding carboxylic acids is 1. The van der Waals surface area contributed by atoms with Crippen molar-refractivity contribution in [3.05, 3.63) is 28.3 Å². The molecule has 0 saturated heterocycles. The Kier molecular flexibility index (Phi) is 5.88. The summed E-state index contributed by atoms with van der Waals surface area (Å²) in [4.78, 5) is 22.2. The fraction of sp³-hybridized carbons (Fsp3) is 0.417. The Labute approximate surface area is 116 Å². The van der Waals surface area contributed by atoms with Crippen LogP contribution in [-0.2, 0) is 9.53 Å². The summed E-state index contributed by atoms with van der Waals surface area (Å²) in [5.74, 6) is -0.179. The van der Waals surface area contributed by atoms with Gasteiger partial charge in [0, 0.05) is 13.7 Å². The molecule has 110 valence electrons. The highest BCUT2D eigenvalue weighted by atomic mass is 16.6. The molecule has 1 rings (SSSR count). The Morgan fingerprint density at radius 2 is 2.25 bits per heavy atom. The van der Waals surface area contributed by atoms with Crippen LogP contribution in [0.25, 0.3) is 0 Å². The van der Waals surface area contributed by atoms with E-state index in [-0.39, 0.29) is 17.9 Å². The van der Waals surface area contributed by atoms with Crippen LogP contribution in [0.15, 0.2) is 18.2 Å². The molecule has 0 aliphatic rings. The van der Waals surface area contributed by atoms with Crippen LogP contribution in [-0.4, -0.2) is 37.2 Å². The number of benzene rings is 1. The first-order valence-electron chi connectivity index (χ1n) is 5.98. The van der Waals surface area contributed by atoms with Crippen LogP contribution >= 0.6 is 0 Å². The van der Waals surface area contributed by atoms with Gasteiger partial charge < -0.3 is 20.5 Å². The van der Waals surface area contributed by atoms with Gasteiger partial charge in [0.15, 0.2) is 0 Å². The van der Waals surface area contributed by atoms with Crippen molar-refractivity contribution in [1.82, 2.24) is 0 Å². The molecule has 0 spiro atoms. The quantitative estimate of drug-likeness (QED) is 0.567. The summed E-state index contributed by atoms with van der Waals surface area (Å²) in [6.07, 6.45) is -0.860. The number of nitro benzene ring substituents is 1. The minimum Gasteiger partial charge on any atom is -0.494 e. The van der Waals surface area contributed by atoms with Gasteiger partial charge in [-0.3, -0.25) is 14.9 Å². The van der Waals surface area contributed by atoms with E-state index in [2.05, 4.69) is 5.32 Å². The van der Waals surface area contributed by atoms with E-state index in [9.17, 15) is 14.9 Å². The van der Waals surface area contributed by atoms with Gasteiger partial charge in [-0.25, -0.2) is 0 Å². The molecule has 0 radical (unpaired) electrons. The Bertz CT molecular complexity index is 488. The fourth-order valence-corrected chi connectivity index (χ4v) is 1.55. The summed E-state index contributed by atoms with van der Waals surface area (Å²) >= 11 is 0. The first-order chi connectivity index (χ1) is 9.53. The zero-order valence-electron chi connectivity index (χ0n) is 11.3. The maximum atomic E-state index is 11.8. The number of rotatable bonds is 7. The number of hydrogen-bond donors (Lipinski definition) is 2. The molecule has 0 bridgehead atoms. The lowest BCUT2D eigenvalue weighted by molar-refractivity contribution is -0.384. The van der Waals surface area contributed by atoms with Crippen LogP contribution in [0.4, 0.5) is 11.4 Å². The zero-order chi connectivity index (χ0) is 15.1. The molecule has 8 heteroatoms. The highest BCUT2D eigenvalue weighted by Crippen LogP contribution is 2.29. The lowest BCUT2D eigenvalue weighted by Gasteiger charge is -2.13. The third kappa shape index (κ3) is 3.90. The second-order valence-corrected chi connectivity index (χ2v) is 3.82. The number of nitrogens with one attached hydrogen (secondary N) is 1. The first kappa shape index (κ1) is 15.9. The van der Waals surface area contributed by atoms with Crippen LogP contribution < -0.4 is 15.8 Å². The number of nitrogens with two attached hydrogens (primary N) is 1. The molecule has 1 amide bonds. The number of hydrogen-bond acceptors (Lipinski definition) is 6. The summed E-state index contributed by atoms with van der Waals surface area (Å²) in [6, 6.07) is 4.20. The van der Waals surface area contributed by atoms with E-state index in [1.807, 2.05) is 0 Å². The fourth-order valence-electron chi connectivity index (χ4n) is 1.55. The number of anilines is 1. The maximum absolute atomic E-state index is 11.8. The normalized spacial score (nSPS) is 11.8. The lowest BCUT2D eigenvalue weighted by atomic mass is 10.2. The molecule has 0 aliphatic heterocycles. The second kappa shape index (κ2) is 7.41. The number of carbonyl (C=O) groups is 1.